The molecule has 1 aromatic carbocycles. The number of aryl methyl sites for hydroxylation is 1. The van der Waals surface area contributed by atoms with Crippen LogP contribution in [0.15, 0.2) is 18.2 Å². The second-order valence-electron chi connectivity index (χ2n) is 2.96. The molecule has 0 fully saturated rings. The Morgan fingerprint density at radius 1 is 1.40 bits per heavy atom. The predicted molar refractivity (Wildman–Crippen MR) is 61.3 cm³/mol. The van der Waals surface area contributed by atoms with E-state index < -0.39 is 0 Å². The summed E-state index contributed by atoms with van der Waals surface area (Å²) in [4.78, 5) is 0. The van der Waals surface area contributed by atoms with E-state index in [1.807, 2.05) is 25.1 Å². The molecule has 0 spiro atoms. The van der Waals surface area contributed by atoms with Crippen molar-refractivity contribution >= 4 is 11.6 Å². The van der Waals surface area contributed by atoms with Crippen molar-refractivity contribution in [2.45, 2.75) is 6.92 Å². The summed E-state index contributed by atoms with van der Waals surface area (Å²) in [5, 5.41) is 0. The van der Waals surface area contributed by atoms with Crippen LogP contribution in [0, 0.1) is 18.8 Å². The molecule has 0 aliphatic rings. The molecule has 3 heteroatoms. The lowest BCUT2D eigenvalue weighted by Crippen LogP contribution is -1.99. The quantitative estimate of drug-likeness (QED) is 0.446. The van der Waals surface area contributed by atoms with Crippen LogP contribution < -0.4 is 4.74 Å². The Labute approximate surface area is 95.2 Å². The van der Waals surface area contributed by atoms with Gasteiger partial charge in [0.1, 0.15) is 5.75 Å². The topological polar surface area (TPSA) is 18.5 Å². The van der Waals surface area contributed by atoms with Gasteiger partial charge in [0, 0.05) is 12.7 Å². The standard InChI is InChI=1S/C12H13ClO2/c1-10-8-12(15-9-14-2)6-5-11(10)4-3-7-13/h5-6,8H,7,9H2,1-2H3. The minimum atomic E-state index is 0.256. The first-order valence-electron chi connectivity index (χ1n) is 4.55. The molecule has 0 bridgehead atoms. The Morgan fingerprint density at radius 2 is 2.20 bits per heavy atom. The van der Waals surface area contributed by atoms with Gasteiger partial charge >= 0.3 is 0 Å². The lowest BCUT2D eigenvalue weighted by molar-refractivity contribution is 0.0511. The second kappa shape index (κ2) is 6.34. The normalized spacial score (nSPS) is 9.27. The molecule has 0 N–H and O–H groups in total. The Morgan fingerprint density at radius 3 is 2.80 bits per heavy atom. The summed E-state index contributed by atoms with van der Waals surface area (Å²) in [6.07, 6.45) is 0. The van der Waals surface area contributed by atoms with Crippen LogP contribution in [0.2, 0.25) is 0 Å². The largest absolute Gasteiger partial charge is 0.468 e. The minimum Gasteiger partial charge on any atom is -0.468 e. The third-order valence-electron chi connectivity index (χ3n) is 1.83. The number of benzene rings is 1. The fourth-order valence-electron chi connectivity index (χ4n) is 1.12. The summed E-state index contributed by atoms with van der Waals surface area (Å²) in [6, 6.07) is 5.71. The van der Waals surface area contributed by atoms with Crippen LogP contribution in [0.5, 0.6) is 5.75 Å². The van der Waals surface area contributed by atoms with Gasteiger partial charge in [0.05, 0.1) is 5.88 Å². The fourth-order valence-corrected chi connectivity index (χ4v) is 1.19. The molecule has 80 valence electrons. The molecule has 0 aliphatic carbocycles. The van der Waals surface area contributed by atoms with Gasteiger partial charge < -0.3 is 9.47 Å². The highest BCUT2D eigenvalue weighted by Crippen LogP contribution is 2.16. The first-order valence-corrected chi connectivity index (χ1v) is 5.08. The molecule has 1 aromatic rings. The van der Waals surface area contributed by atoms with E-state index in [9.17, 15) is 0 Å². The van der Waals surface area contributed by atoms with Gasteiger partial charge in [0.2, 0.25) is 0 Å². The number of rotatable bonds is 3. The van der Waals surface area contributed by atoms with E-state index in [2.05, 4.69) is 11.8 Å². The molecule has 0 saturated carbocycles. The highest BCUT2D eigenvalue weighted by atomic mass is 35.5. The van der Waals surface area contributed by atoms with E-state index >= 15 is 0 Å². The van der Waals surface area contributed by atoms with Crippen molar-refractivity contribution in [2.75, 3.05) is 19.8 Å². The van der Waals surface area contributed by atoms with Gasteiger partial charge in [-0.15, -0.1) is 11.6 Å². The molecule has 2 nitrogen and oxygen atoms in total. The summed E-state index contributed by atoms with van der Waals surface area (Å²) in [5.74, 6) is 6.93. The summed E-state index contributed by atoms with van der Waals surface area (Å²) < 4.78 is 10.1. The van der Waals surface area contributed by atoms with Crippen LogP contribution in [-0.2, 0) is 4.74 Å². The fraction of sp³-hybridized carbons (Fsp3) is 0.333. The molecule has 0 unspecified atom stereocenters. The van der Waals surface area contributed by atoms with E-state index in [4.69, 9.17) is 21.1 Å². The van der Waals surface area contributed by atoms with Gasteiger partial charge in [0.15, 0.2) is 6.79 Å². The van der Waals surface area contributed by atoms with Crippen molar-refractivity contribution in [2.24, 2.45) is 0 Å². The first-order chi connectivity index (χ1) is 7.27. The third-order valence-corrected chi connectivity index (χ3v) is 1.96. The van der Waals surface area contributed by atoms with Crippen molar-refractivity contribution in [3.05, 3.63) is 29.3 Å². The number of alkyl halides is 1. The van der Waals surface area contributed by atoms with Crippen molar-refractivity contribution in [1.29, 1.82) is 0 Å². The number of hydrogen-bond acceptors (Lipinski definition) is 2. The monoisotopic (exact) mass is 224 g/mol. The number of hydrogen-bond donors (Lipinski definition) is 0. The summed E-state index contributed by atoms with van der Waals surface area (Å²) in [6.45, 7) is 2.24. The molecule has 0 aliphatic heterocycles. The van der Waals surface area contributed by atoms with Crippen molar-refractivity contribution in [3.63, 3.8) is 0 Å². The molecule has 0 amide bonds. The summed E-state index contributed by atoms with van der Waals surface area (Å²) in [5.41, 5.74) is 2.04. The van der Waals surface area contributed by atoms with Crippen molar-refractivity contribution < 1.29 is 9.47 Å². The molecule has 1 rings (SSSR count). The molecule has 15 heavy (non-hydrogen) atoms. The first kappa shape index (κ1) is 11.9. The third kappa shape index (κ3) is 3.83. The Balaban J connectivity index is 2.78. The van der Waals surface area contributed by atoms with Gasteiger partial charge in [-0.25, -0.2) is 0 Å². The molecular formula is C12H13ClO2. The van der Waals surface area contributed by atoms with E-state index in [0.29, 0.717) is 5.88 Å². The minimum absolute atomic E-state index is 0.256. The molecule has 0 heterocycles. The molecule has 0 aromatic heterocycles. The van der Waals surface area contributed by atoms with Crippen LogP contribution >= 0.6 is 11.6 Å². The number of ether oxygens (including phenoxy) is 2. The van der Waals surface area contributed by atoms with Crippen LogP contribution in [0.4, 0.5) is 0 Å². The van der Waals surface area contributed by atoms with Crippen LogP contribution in [0.25, 0.3) is 0 Å². The average molecular weight is 225 g/mol. The lowest BCUT2D eigenvalue weighted by Gasteiger charge is -2.06. The summed E-state index contributed by atoms with van der Waals surface area (Å²) >= 11 is 5.49. The zero-order valence-electron chi connectivity index (χ0n) is 8.84. The maximum absolute atomic E-state index is 5.49. The molecule has 0 radical (unpaired) electrons. The highest BCUT2D eigenvalue weighted by Gasteiger charge is 1.98. The van der Waals surface area contributed by atoms with Crippen LogP contribution in [0.1, 0.15) is 11.1 Å². The van der Waals surface area contributed by atoms with Gasteiger partial charge in [-0.3, -0.25) is 0 Å². The SMILES string of the molecule is COCOc1ccc(C#CCCl)c(C)c1. The van der Waals surface area contributed by atoms with E-state index in [-0.39, 0.29) is 6.79 Å². The van der Waals surface area contributed by atoms with Gasteiger partial charge in [-0.1, -0.05) is 11.8 Å². The van der Waals surface area contributed by atoms with Crippen molar-refractivity contribution in [1.82, 2.24) is 0 Å². The maximum atomic E-state index is 5.49. The Kier molecular flexibility index (Phi) is 5.03. The second-order valence-corrected chi connectivity index (χ2v) is 3.23. The predicted octanol–water partition coefficient (Wildman–Crippen LogP) is 2.57. The van der Waals surface area contributed by atoms with Gasteiger partial charge in [-0.05, 0) is 30.7 Å². The zero-order chi connectivity index (χ0) is 11.1. The van der Waals surface area contributed by atoms with Crippen molar-refractivity contribution in [3.8, 4) is 17.6 Å². The number of halogens is 1. The molecule has 0 atom stereocenters. The van der Waals surface area contributed by atoms with Crippen LogP contribution in [0.3, 0.4) is 0 Å². The van der Waals surface area contributed by atoms with Gasteiger partial charge in [-0.2, -0.15) is 0 Å². The molecular weight excluding hydrogens is 212 g/mol. The smallest absolute Gasteiger partial charge is 0.188 e. The average Bonchev–Trinajstić information content (AvgIpc) is 2.25. The number of methoxy groups -OCH3 is 1. The van der Waals surface area contributed by atoms with Crippen LogP contribution in [-0.4, -0.2) is 19.8 Å². The lowest BCUT2D eigenvalue weighted by atomic mass is 10.1. The van der Waals surface area contributed by atoms with E-state index in [1.165, 1.54) is 0 Å². The van der Waals surface area contributed by atoms with E-state index in [0.717, 1.165) is 16.9 Å². The van der Waals surface area contributed by atoms with Gasteiger partial charge in [0.25, 0.3) is 0 Å². The Hall–Kier alpha value is -1.17. The maximum Gasteiger partial charge on any atom is 0.188 e. The molecule has 0 saturated heterocycles. The zero-order valence-corrected chi connectivity index (χ0v) is 9.60. The van der Waals surface area contributed by atoms with E-state index in [1.54, 1.807) is 7.11 Å². The Bertz CT molecular complexity index is 377. The summed E-state index contributed by atoms with van der Waals surface area (Å²) in [7, 11) is 1.59. The highest BCUT2D eigenvalue weighted by molar-refractivity contribution is 6.19.